The second kappa shape index (κ2) is 6.96. The standard InChI is InChI=1S/C17H18N6O/c18-11-12-4-5-14(23-8-2-1-3-9-23)13(10-12)22-17(24)15-16(19)21-7-6-20-15/h4-7,10H,1-3,8-9H2,(H2,19,21)(H,22,24). The second-order valence-corrected chi connectivity index (χ2v) is 5.64. The number of nitrogens with one attached hydrogen (secondary N) is 1. The summed E-state index contributed by atoms with van der Waals surface area (Å²) < 4.78 is 0. The molecule has 0 bridgehead atoms. The number of piperidine rings is 1. The quantitative estimate of drug-likeness (QED) is 0.896. The summed E-state index contributed by atoms with van der Waals surface area (Å²) in [6, 6.07) is 7.41. The van der Waals surface area contributed by atoms with Gasteiger partial charge in [-0.3, -0.25) is 4.79 Å². The van der Waals surface area contributed by atoms with Crippen molar-refractivity contribution < 1.29 is 4.79 Å². The number of carbonyl (C=O) groups is 1. The number of carbonyl (C=O) groups excluding carboxylic acids is 1. The molecule has 1 aromatic heterocycles. The molecule has 122 valence electrons. The van der Waals surface area contributed by atoms with E-state index in [1.165, 1.54) is 18.8 Å². The first-order valence-electron chi connectivity index (χ1n) is 7.86. The topological polar surface area (TPSA) is 108 Å². The molecular weight excluding hydrogens is 304 g/mol. The highest BCUT2D eigenvalue weighted by atomic mass is 16.1. The highest BCUT2D eigenvalue weighted by molar-refractivity contribution is 6.07. The Bertz CT molecular complexity index is 792. The van der Waals surface area contributed by atoms with Gasteiger partial charge >= 0.3 is 0 Å². The van der Waals surface area contributed by atoms with Crippen LogP contribution in [0.5, 0.6) is 0 Å². The molecule has 0 atom stereocenters. The predicted octanol–water partition coefficient (Wildman–Crippen LogP) is 2.17. The van der Waals surface area contributed by atoms with E-state index in [-0.39, 0.29) is 11.5 Å². The lowest BCUT2D eigenvalue weighted by Gasteiger charge is -2.30. The summed E-state index contributed by atoms with van der Waals surface area (Å²) in [5, 5.41) is 12.0. The number of hydrogen-bond donors (Lipinski definition) is 2. The van der Waals surface area contributed by atoms with Crippen LogP contribution in [0.3, 0.4) is 0 Å². The van der Waals surface area contributed by atoms with Gasteiger partial charge in [-0.25, -0.2) is 9.97 Å². The highest BCUT2D eigenvalue weighted by Gasteiger charge is 2.18. The van der Waals surface area contributed by atoms with Crippen LogP contribution in [-0.2, 0) is 0 Å². The van der Waals surface area contributed by atoms with Crippen LogP contribution < -0.4 is 16.0 Å². The number of anilines is 3. The smallest absolute Gasteiger partial charge is 0.278 e. The van der Waals surface area contributed by atoms with E-state index in [1.807, 2.05) is 6.07 Å². The number of rotatable bonds is 3. The highest BCUT2D eigenvalue weighted by Crippen LogP contribution is 2.30. The van der Waals surface area contributed by atoms with Crippen molar-refractivity contribution in [2.24, 2.45) is 0 Å². The zero-order valence-corrected chi connectivity index (χ0v) is 13.2. The third kappa shape index (κ3) is 3.27. The van der Waals surface area contributed by atoms with Crippen LogP contribution >= 0.6 is 0 Å². The van der Waals surface area contributed by atoms with E-state index in [1.54, 1.807) is 12.1 Å². The zero-order chi connectivity index (χ0) is 16.9. The monoisotopic (exact) mass is 322 g/mol. The van der Waals surface area contributed by atoms with E-state index in [9.17, 15) is 4.79 Å². The van der Waals surface area contributed by atoms with E-state index in [4.69, 9.17) is 11.0 Å². The molecule has 3 N–H and O–H groups in total. The molecule has 24 heavy (non-hydrogen) atoms. The minimum atomic E-state index is -0.436. The number of aromatic nitrogens is 2. The summed E-state index contributed by atoms with van der Waals surface area (Å²) in [6.45, 7) is 1.87. The Morgan fingerprint density at radius 2 is 1.96 bits per heavy atom. The molecule has 0 saturated carbocycles. The fourth-order valence-electron chi connectivity index (χ4n) is 2.82. The molecule has 7 nitrogen and oxygen atoms in total. The Balaban J connectivity index is 1.92. The maximum absolute atomic E-state index is 12.5. The average molecular weight is 322 g/mol. The van der Waals surface area contributed by atoms with Crippen molar-refractivity contribution in [3.8, 4) is 6.07 Å². The largest absolute Gasteiger partial charge is 0.382 e. The summed E-state index contributed by atoms with van der Waals surface area (Å²) in [6.07, 6.45) is 6.30. The molecule has 0 aliphatic carbocycles. The molecule has 1 saturated heterocycles. The van der Waals surface area contributed by atoms with Crippen molar-refractivity contribution >= 4 is 23.1 Å². The van der Waals surface area contributed by atoms with Gasteiger partial charge in [-0.15, -0.1) is 0 Å². The molecule has 1 aliphatic heterocycles. The molecule has 3 rings (SSSR count). The van der Waals surface area contributed by atoms with Gasteiger partial charge in [0.05, 0.1) is 23.0 Å². The van der Waals surface area contributed by atoms with Gasteiger partial charge in [0.25, 0.3) is 5.91 Å². The van der Waals surface area contributed by atoms with Gasteiger partial charge in [0.15, 0.2) is 11.5 Å². The molecule has 1 aromatic carbocycles. The van der Waals surface area contributed by atoms with E-state index in [2.05, 4.69) is 26.3 Å². The van der Waals surface area contributed by atoms with Crippen molar-refractivity contribution in [1.29, 1.82) is 5.26 Å². The van der Waals surface area contributed by atoms with E-state index in [0.717, 1.165) is 31.6 Å². The molecule has 1 amide bonds. The molecule has 0 spiro atoms. The van der Waals surface area contributed by atoms with E-state index >= 15 is 0 Å². The lowest BCUT2D eigenvalue weighted by atomic mass is 10.1. The number of nitrogens with two attached hydrogens (primary N) is 1. The van der Waals surface area contributed by atoms with Crippen molar-refractivity contribution in [3.63, 3.8) is 0 Å². The third-order valence-corrected chi connectivity index (χ3v) is 4.01. The van der Waals surface area contributed by atoms with Gasteiger partial charge in [-0.1, -0.05) is 0 Å². The molecule has 1 fully saturated rings. The first kappa shape index (κ1) is 15.7. The minimum absolute atomic E-state index is 0.0736. The lowest BCUT2D eigenvalue weighted by molar-refractivity contribution is 0.102. The van der Waals surface area contributed by atoms with Crippen LogP contribution in [0.2, 0.25) is 0 Å². The predicted molar refractivity (Wildman–Crippen MR) is 91.6 cm³/mol. The molecule has 0 unspecified atom stereocenters. The molecule has 7 heteroatoms. The summed E-state index contributed by atoms with van der Waals surface area (Å²) in [7, 11) is 0. The number of hydrogen-bond acceptors (Lipinski definition) is 6. The molecule has 2 heterocycles. The maximum atomic E-state index is 12.5. The van der Waals surface area contributed by atoms with Gasteiger partial charge in [0.1, 0.15) is 0 Å². The fraction of sp³-hybridized carbons (Fsp3) is 0.294. The Hall–Kier alpha value is -3.14. The van der Waals surface area contributed by atoms with Crippen LogP contribution in [0.15, 0.2) is 30.6 Å². The number of nitrogen functional groups attached to an aromatic ring is 1. The third-order valence-electron chi connectivity index (χ3n) is 4.01. The SMILES string of the molecule is N#Cc1ccc(N2CCCCC2)c(NC(=O)c2nccnc2N)c1. The van der Waals surface area contributed by atoms with Gasteiger partial charge in [0, 0.05) is 25.5 Å². The molecule has 2 aromatic rings. The van der Waals surface area contributed by atoms with Crippen LogP contribution in [0.25, 0.3) is 0 Å². The molecule has 1 aliphatic rings. The van der Waals surface area contributed by atoms with Crippen LogP contribution in [-0.4, -0.2) is 29.0 Å². The fourth-order valence-corrected chi connectivity index (χ4v) is 2.82. The maximum Gasteiger partial charge on any atom is 0.278 e. The second-order valence-electron chi connectivity index (χ2n) is 5.64. The Labute approximate surface area is 140 Å². The van der Waals surface area contributed by atoms with E-state index < -0.39 is 5.91 Å². The average Bonchev–Trinajstić information content (AvgIpc) is 2.62. The van der Waals surface area contributed by atoms with Crippen molar-refractivity contribution in [3.05, 3.63) is 41.9 Å². The zero-order valence-electron chi connectivity index (χ0n) is 13.2. The van der Waals surface area contributed by atoms with Gasteiger partial charge in [-0.2, -0.15) is 5.26 Å². The number of benzene rings is 1. The first-order valence-corrected chi connectivity index (χ1v) is 7.86. The Morgan fingerprint density at radius 1 is 1.21 bits per heavy atom. The Morgan fingerprint density at radius 3 is 2.67 bits per heavy atom. The lowest BCUT2D eigenvalue weighted by Crippen LogP contribution is -2.30. The normalized spacial score (nSPS) is 14.0. The van der Waals surface area contributed by atoms with Crippen LogP contribution in [0.4, 0.5) is 17.2 Å². The van der Waals surface area contributed by atoms with Gasteiger partial charge in [-0.05, 0) is 37.5 Å². The summed E-state index contributed by atoms with van der Waals surface area (Å²) >= 11 is 0. The Kier molecular flexibility index (Phi) is 4.57. The minimum Gasteiger partial charge on any atom is -0.382 e. The number of nitrogens with zero attached hydrogens (tertiary/aromatic N) is 4. The van der Waals surface area contributed by atoms with Gasteiger partial charge < -0.3 is 16.0 Å². The van der Waals surface area contributed by atoms with E-state index in [0.29, 0.717) is 11.3 Å². The number of nitriles is 1. The summed E-state index contributed by atoms with van der Waals surface area (Å²) in [5.41, 5.74) is 7.77. The summed E-state index contributed by atoms with van der Waals surface area (Å²) in [4.78, 5) is 22.6. The van der Waals surface area contributed by atoms with Crippen molar-refractivity contribution in [2.75, 3.05) is 29.0 Å². The van der Waals surface area contributed by atoms with Crippen LogP contribution in [0.1, 0.15) is 35.3 Å². The van der Waals surface area contributed by atoms with Crippen LogP contribution in [0, 0.1) is 11.3 Å². The van der Waals surface area contributed by atoms with Crippen molar-refractivity contribution in [2.45, 2.75) is 19.3 Å². The van der Waals surface area contributed by atoms with Gasteiger partial charge in [0.2, 0.25) is 0 Å². The first-order chi connectivity index (χ1) is 11.7. The number of amides is 1. The van der Waals surface area contributed by atoms with Crippen molar-refractivity contribution in [1.82, 2.24) is 9.97 Å². The molecule has 0 radical (unpaired) electrons. The molecular formula is C17H18N6O. The summed E-state index contributed by atoms with van der Waals surface area (Å²) in [5.74, 6) is -0.361.